The van der Waals surface area contributed by atoms with Gasteiger partial charge in [0.15, 0.2) is 0 Å². The standard InChI is InChI=1S/C32H28ClFN8/c33-27-16-24(38-31(21-8-10-23(34)11-9-21)29-19-42(41-40-29)25-12-13-25)15-26-30(22(17-36)18-37-32(26)27)39-28(7-4-14-35)20-5-2-1-3-6-20/h1-3,5-6,8-11,15-16,18-19,25,28,31,38,40-41H,4,7,12-13H2,(H,37,39)/t28-,31?/m1/s1. The summed E-state index contributed by atoms with van der Waals surface area (Å²) < 4.78 is 13.8. The summed E-state index contributed by atoms with van der Waals surface area (Å²) in [6.07, 6.45) is 6.69. The van der Waals surface area contributed by atoms with E-state index in [2.05, 4.69) is 43.7 Å². The van der Waals surface area contributed by atoms with E-state index in [1.165, 1.54) is 18.3 Å². The number of hydrogen-bond donors (Lipinski definition) is 4. The molecule has 0 amide bonds. The fourth-order valence-electron chi connectivity index (χ4n) is 5.18. The van der Waals surface area contributed by atoms with Crippen molar-refractivity contribution < 1.29 is 4.39 Å². The minimum absolute atomic E-state index is 0.210. The molecule has 1 aliphatic carbocycles. The van der Waals surface area contributed by atoms with E-state index in [0.717, 1.165) is 29.7 Å². The first-order valence-corrected chi connectivity index (χ1v) is 14.2. The Labute approximate surface area is 248 Å². The molecule has 1 saturated carbocycles. The number of halogens is 2. The molecule has 3 aromatic carbocycles. The maximum atomic E-state index is 13.8. The number of nitrogens with one attached hydrogen (secondary N) is 4. The van der Waals surface area contributed by atoms with Crippen LogP contribution in [0.2, 0.25) is 5.02 Å². The Morgan fingerprint density at radius 3 is 2.55 bits per heavy atom. The summed E-state index contributed by atoms with van der Waals surface area (Å²) in [4.78, 5) is 4.50. The predicted molar refractivity (Wildman–Crippen MR) is 161 cm³/mol. The van der Waals surface area contributed by atoms with Crippen molar-refractivity contribution in [3.05, 3.63) is 112 Å². The number of benzene rings is 3. The first kappa shape index (κ1) is 27.3. The summed E-state index contributed by atoms with van der Waals surface area (Å²) in [6.45, 7) is 0. The van der Waals surface area contributed by atoms with Crippen molar-refractivity contribution in [2.24, 2.45) is 0 Å². The monoisotopic (exact) mass is 578 g/mol. The molecule has 10 heteroatoms. The molecule has 2 aliphatic rings. The molecule has 0 bridgehead atoms. The highest BCUT2D eigenvalue weighted by Gasteiger charge is 2.32. The van der Waals surface area contributed by atoms with E-state index >= 15 is 0 Å². The Balaban J connectivity index is 1.41. The molecule has 8 nitrogen and oxygen atoms in total. The van der Waals surface area contributed by atoms with Crippen LogP contribution in [-0.4, -0.2) is 16.0 Å². The van der Waals surface area contributed by atoms with Gasteiger partial charge in [-0.1, -0.05) is 54.1 Å². The molecule has 0 spiro atoms. The van der Waals surface area contributed by atoms with Crippen LogP contribution in [0.4, 0.5) is 15.8 Å². The fraction of sp³-hybridized carbons (Fsp3) is 0.219. The van der Waals surface area contributed by atoms with Crippen LogP contribution in [0.1, 0.15) is 54.5 Å². The minimum Gasteiger partial charge on any atom is -0.377 e. The Morgan fingerprint density at radius 1 is 1.05 bits per heavy atom. The van der Waals surface area contributed by atoms with Gasteiger partial charge in [-0.05, 0) is 54.7 Å². The van der Waals surface area contributed by atoms with E-state index in [4.69, 9.17) is 11.6 Å². The average Bonchev–Trinajstić information content (AvgIpc) is 3.75. The maximum absolute atomic E-state index is 13.8. The van der Waals surface area contributed by atoms with Crippen LogP contribution in [-0.2, 0) is 0 Å². The maximum Gasteiger partial charge on any atom is 0.123 e. The van der Waals surface area contributed by atoms with E-state index in [9.17, 15) is 14.9 Å². The number of hydrogen-bond acceptors (Lipinski definition) is 8. The summed E-state index contributed by atoms with van der Waals surface area (Å²) in [7, 11) is 0. The fourth-order valence-corrected chi connectivity index (χ4v) is 5.44. The van der Waals surface area contributed by atoms with Crippen LogP contribution in [0, 0.1) is 28.5 Å². The zero-order chi connectivity index (χ0) is 29.1. The van der Waals surface area contributed by atoms with Gasteiger partial charge in [-0.25, -0.2) is 4.39 Å². The molecule has 1 aliphatic heterocycles. The quantitative estimate of drug-likeness (QED) is 0.162. The third-order valence-corrected chi connectivity index (χ3v) is 7.77. The molecule has 1 fully saturated rings. The number of hydrazine groups is 2. The lowest BCUT2D eigenvalue weighted by molar-refractivity contribution is 0.260. The summed E-state index contributed by atoms with van der Waals surface area (Å²) in [5.41, 5.74) is 11.4. The number of aromatic nitrogens is 1. The SMILES string of the molecule is N#CCC[C@@H](Nc1c(C#N)cnc2c(Cl)cc(NC(C3=CN(C4CC4)NN3)c3ccc(F)cc3)cc12)c1ccccc1. The first-order chi connectivity index (χ1) is 20.5. The van der Waals surface area contributed by atoms with Gasteiger partial charge in [0, 0.05) is 35.9 Å². The molecular weight excluding hydrogens is 551 g/mol. The second kappa shape index (κ2) is 12.0. The predicted octanol–water partition coefficient (Wildman–Crippen LogP) is 6.84. The van der Waals surface area contributed by atoms with Crippen LogP contribution in [0.25, 0.3) is 10.9 Å². The smallest absolute Gasteiger partial charge is 0.123 e. The Bertz CT molecular complexity index is 1710. The van der Waals surface area contributed by atoms with Crippen molar-refractivity contribution in [2.45, 2.75) is 43.8 Å². The van der Waals surface area contributed by atoms with E-state index in [-0.39, 0.29) is 17.9 Å². The van der Waals surface area contributed by atoms with Crippen molar-refractivity contribution >= 4 is 33.9 Å². The molecule has 4 aromatic rings. The highest BCUT2D eigenvalue weighted by Crippen LogP contribution is 2.38. The average molecular weight is 579 g/mol. The van der Waals surface area contributed by atoms with Gasteiger partial charge >= 0.3 is 0 Å². The van der Waals surface area contributed by atoms with Crippen LogP contribution in [0.5, 0.6) is 0 Å². The second-order valence-electron chi connectivity index (χ2n) is 10.4. The van der Waals surface area contributed by atoms with Gasteiger partial charge in [0.25, 0.3) is 0 Å². The lowest BCUT2D eigenvalue weighted by Crippen LogP contribution is -2.38. The van der Waals surface area contributed by atoms with Gasteiger partial charge in [0.2, 0.25) is 0 Å². The topological polar surface area (TPSA) is 112 Å². The molecule has 4 N–H and O–H groups in total. The number of anilines is 2. The highest BCUT2D eigenvalue weighted by molar-refractivity contribution is 6.35. The van der Waals surface area contributed by atoms with Gasteiger partial charge in [0.05, 0.1) is 45.6 Å². The van der Waals surface area contributed by atoms with Crippen molar-refractivity contribution in [2.75, 3.05) is 10.6 Å². The molecular formula is C32H28ClFN8. The molecule has 6 rings (SSSR count). The molecule has 1 unspecified atom stereocenters. The second-order valence-corrected chi connectivity index (χ2v) is 10.8. The normalized spacial score (nSPS) is 15.7. The third kappa shape index (κ3) is 5.80. The molecule has 2 atom stereocenters. The number of pyridine rings is 1. The lowest BCUT2D eigenvalue weighted by atomic mass is 10.00. The van der Waals surface area contributed by atoms with Gasteiger partial charge in [-0.2, -0.15) is 10.5 Å². The Kier molecular flexibility index (Phi) is 7.78. The van der Waals surface area contributed by atoms with Gasteiger partial charge in [0.1, 0.15) is 11.9 Å². The summed E-state index contributed by atoms with van der Waals surface area (Å²) in [5.74, 6) is -0.312. The molecule has 1 aromatic heterocycles. The molecule has 42 heavy (non-hydrogen) atoms. The van der Waals surface area contributed by atoms with Crippen molar-refractivity contribution in [1.82, 2.24) is 21.0 Å². The summed E-state index contributed by atoms with van der Waals surface area (Å²) in [6, 6.07) is 24.3. The Morgan fingerprint density at radius 2 is 1.83 bits per heavy atom. The van der Waals surface area contributed by atoms with Crippen LogP contribution in [0.3, 0.4) is 0 Å². The zero-order valence-corrected chi connectivity index (χ0v) is 23.4. The van der Waals surface area contributed by atoms with Crippen LogP contribution >= 0.6 is 11.6 Å². The lowest BCUT2D eigenvalue weighted by Gasteiger charge is -2.24. The summed E-state index contributed by atoms with van der Waals surface area (Å²) >= 11 is 6.79. The van der Waals surface area contributed by atoms with E-state index in [1.54, 1.807) is 18.2 Å². The van der Waals surface area contributed by atoms with Gasteiger partial charge < -0.3 is 16.1 Å². The van der Waals surface area contributed by atoms with E-state index in [0.29, 0.717) is 51.7 Å². The van der Waals surface area contributed by atoms with Gasteiger partial charge in [-0.3, -0.25) is 9.99 Å². The minimum atomic E-state index is -0.355. The molecule has 2 heterocycles. The first-order valence-electron chi connectivity index (χ1n) is 13.8. The molecule has 210 valence electrons. The van der Waals surface area contributed by atoms with Crippen molar-refractivity contribution in [1.29, 1.82) is 10.5 Å². The number of nitriles is 2. The Hall–Kier alpha value is -4.83. The largest absolute Gasteiger partial charge is 0.377 e. The highest BCUT2D eigenvalue weighted by atomic mass is 35.5. The number of nitrogens with zero attached hydrogens (tertiary/aromatic N) is 4. The van der Waals surface area contributed by atoms with E-state index < -0.39 is 0 Å². The molecule has 0 radical (unpaired) electrons. The van der Waals surface area contributed by atoms with E-state index in [1.807, 2.05) is 42.6 Å². The number of rotatable bonds is 10. The van der Waals surface area contributed by atoms with Crippen LogP contribution < -0.4 is 21.6 Å². The third-order valence-electron chi connectivity index (χ3n) is 7.48. The summed E-state index contributed by atoms with van der Waals surface area (Å²) in [5, 5.41) is 29.6. The van der Waals surface area contributed by atoms with Crippen molar-refractivity contribution in [3.8, 4) is 12.1 Å². The van der Waals surface area contributed by atoms with Crippen molar-refractivity contribution in [3.63, 3.8) is 0 Å². The van der Waals surface area contributed by atoms with Crippen LogP contribution in [0.15, 0.2) is 84.8 Å². The zero-order valence-electron chi connectivity index (χ0n) is 22.6. The van der Waals surface area contributed by atoms with Gasteiger partial charge in [-0.15, -0.1) is 5.53 Å². The number of fused-ring (bicyclic) bond motifs is 1. The molecule has 0 saturated heterocycles.